The number of aromatic nitrogens is 1. The number of hydrogen-bond donors (Lipinski definition) is 1. The van der Waals surface area contributed by atoms with Crippen molar-refractivity contribution in [2.75, 3.05) is 13.2 Å². The molecule has 2 saturated heterocycles. The zero-order valence-corrected chi connectivity index (χ0v) is 14.5. The molecule has 24 heavy (non-hydrogen) atoms. The number of ether oxygens (including phenoxy) is 1. The summed E-state index contributed by atoms with van der Waals surface area (Å²) in [7, 11) is 0. The van der Waals surface area contributed by atoms with Crippen molar-refractivity contribution >= 4 is 10.9 Å². The van der Waals surface area contributed by atoms with Crippen molar-refractivity contribution < 1.29 is 9.84 Å². The van der Waals surface area contributed by atoms with Gasteiger partial charge in [0, 0.05) is 23.7 Å². The van der Waals surface area contributed by atoms with Gasteiger partial charge in [-0.1, -0.05) is 6.92 Å². The van der Waals surface area contributed by atoms with E-state index in [2.05, 4.69) is 16.8 Å². The highest BCUT2D eigenvalue weighted by molar-refractivity contribution is 5.84. The van der Waals surface area contributed by atoms with Crippen LogP contribution in [0.4, 0.5) is 0 Å². The number of rotatable bonds is 5. The topological polar surface area (TPSA) is 45.6 Å². The van der Waals surface area contributed by atoms with Crippen LogP contribution >= 0.6 is 0 Å². The maximum atomic E-state index is 11.2. The van der Waals surface area contributed by atoms with Gasteiger partial charge in [0.2, 0.25) is 0 Å². The van der Waals surface area contributed by atoms with Crippen LogP contribution in [-0.2, 0) is 0 Å². The molecule has 0 aliphatic carbocycles. The summed E-state index contributed by atoms with van der Waals surface area (Å²) in [4.78, 5) is 6.99. The molecule has 2 fully saturated rings. The number of benzene rings is 1. The van der Waals surface area contributed by atoms with Gasteiger partial charge in [-0.25, -0.2) is 0 Å². The summed E-state index contributed by atoms with van der Waals surface area (Å²) in [5.41, 5.74) is 1.90. The molecule has 2 aliphatic heterocycles. The molecule has 1 aromatic heterocycles. The first kappa shape index (κ1) is 15.9. The molecular weight excluding hydrogens is 300 g/mol. The summed E-state index contributed by atoms with van der Waals surface area (Å²) < 4.78 is 5.64. The molecule has 4 rings (SSSR count). The third-order valence-corrected chi connectivity index (χ3v) is 5.86. The molecule has 2 aromatic rings. The molecule has 128 valence electrons. The summed E-state index contributed by atoms with van der Waals surface area (Å²) in [6.45, 7) is 6.01. The van der Waals surface area contributed by atoms with Crippen molar-refractivity contribution in [3.63, 3.8) is 0 Å². The maximum absolute atomic E-state index is 11.2. The van der Waals surface area contributed by atoms with Crippen LogP contribution in [0.5, 0.6) is 5.75 Å². The Bertz CT molecular complexity index is 733. The van der Waals surface area contributed by atoms with E-state index < -0.39 is 6.10 Å². The molecule has 0 radical (unpaired) electrons. The van der Waals surface area contributed by atoms with Crippen LogP contribution in [0.25, 0.3) is 10.9 Å². The number of fused-ring (bicyclic) bond motifs is 3. The zero-order chi connectivity index (χ0) is 16.7. The van der Waals surface area contributed by atoms with E-state index in [-0.39, 0.29) is 6.04 Å². The number of hydrogen-bond acceptors (Lipinski definition) is 4. The molecule has 0 saturated carbocycles. The summed E-state index contributed by atoms with van der Waals surface area (Å²) in [5.74, 6) is 1.59. The van der Waals surface area contributed by atoms with Crippen LogP contribution in [0.3, 0.4) is 0 Å². The van der Waals surface area contributed by atoms with Crippen molar-refractivity contribution in [3.05, 3.63) is 36.0 Å². The SMILES string of the molecule is CCOc1ccc2nccc([C@@H](O)[C@H]3C[C@@H]4CCN3[C@H]4CC)c2c1. The lowest BCUT2D eigenvalue weighted by Crippen LogP contribution is -2.38. The van der Waals surface area contributed by atoms with Crippen LogP contribution in [-0.4, -0.2) is 40.2 Å². The Morgan fingerprint density at radius 3 is 2.96 bits per heavy atom. The van der Waals surface area contributed by atoms with E-state index in [9.17, 15) is 5.11 Å². The van der Waals surface area contributed by atoms with Gasteiger partial charge in [0.25, 0.3) is 0 Å². The van der Waals surface area contributed by atoms with Crippen molar-refractivity contribution in [2.24, 2.45) is 5.92 Å². The van der Waals surface area contributed by atoms with E-state index in [4.69, 9.17) is 4.74 Å². The van der Waals surface area contributed by atoms with Crippen LogP contribution in [0.15, 0.2) is 30.5 Å². The molecule has 0 spiro atoms. The smallest absolute Gasteiger partial charge is 0.120 e. The minimum atomic E-state index is -0.466. The van der Waals surface area contributed by atoms with Gasteiger partial charge in [0.05, 0.1) is 18.2 Å². The Hall–Kier alpha value is -1.65. The molecular formula is C20H26N2O2. The fourth-order valence-electron chi connectivity index (χ4n) is 4.82. The average molecular weight is 326 g/mol. The van der Waals surface area contributed by atoms with Crippen molar-refractivity contribution in [3.8, 4) is 5.75 Å². The molecule has 1 aromatic carbocycles. The lowest BCUT2D eigenvalue weighted by molar-refractivity contribution is 0.0594. The molecule has 1 N–H and O–H groups in total. The van der Waals surface area contributed by atoms with Gasteiger partial charge in [-0.3, -0.25) is 9.88 Å². The third-order valence-electron chi connectivity index (χ3n) is 5.86. The Labute approximate surface area is 143 Å². The largest absolute Gasteiger partial charge is 0.494 e. The monoisotopic (exact) mass is 326 g/mol. The predicted octanol–water partition coefficient (Wildman–Crippen LogP) is 3.54. The number of piperidine rings is 1. The number of pyridine rings is 1. The second-order valence-electron chi connectivity index (χ2n) is 7.02. The Kier molecular flexibility index (Phi) is 4.19. The van der Waals surface area contributed by atoms with Gasteiger partial charge in [-0.05, 0) is 68.5 Å². The number of aliphatic hydroxyl groups excluding tert-OH is 1. The molecule has 1 unspecified atom stereocenters. The van der Waals surface area contributed by atoms with Gasteiger partial charge >= 0.3 is 0 Å². The lowest BCUT2D eigenvalue weighted by atomic mass is 9.90. The maximum Gasteiger partial charge on any atom is 0.120 e. The molecule has 3 heterocycles. The van der Waals surface area contributed by atoms with Crippen LogP contribution in [0.2, 0.25) is 0 Å². The Balaban J connectivity index is 1.69. The molecule has 4 heteroatoms. The number of nitrogens with zero attached hydrogens (tertiary/aromatic N) is 2. The fraction of sp³-hybridized carbons (Fsp3) is 0.550. The molecule has 4 nitrogen and oxygen atoms in total. The van der Waals surface area contributed by atoms with E-state index in [1.54, 1.807) is 6.20 Å². The third kappa shape index (κ3) is 2.49. The second kappa shape index (κ2) is 6.34. The van der Waals surface area contributed by atoms with Gasteiger partial charge in [-0.2, -0.15) is 0 Å². The molecule has 5 atom stereocenters. The normalized spacial score (nSPS) is 30.0. The van der Waals surface area contributed by atoms with Crippen LogP contribution < -0.4 is 4.74 Å². The minimum Gasteiger partial charge on any atom is -0.494 e. The summed E-state index contributed by atoms with van der Waals surface area (Å²) in [6.07, 6.45) is 4.91. The van der Waals surface area contributed by atoms with Gasteiger partial charge < -0.3 is 9.84 Å². The molecule has 0 amide bonds. The van der Waals surface area contributed by atoms with Crippen LogP contribution in [0.1, 0.15) is 44.8 Å². The van der Waals surface area contributed by atoms with Crippen molar-refractivity contribution in [1.29, 1.82) is 0 Å². The van der Waals surface area contributed by atoms with Gasteiger partial charge in [0.1, 0.15) is 5.75 Å². The highest BCUT2D eigenvalue weighted by Gasteiger charge is 2.47. The summed E-state index contributed by atoms with van der Waals surface area (Å²) in [5, 5.41) is 12.2. The molecule has 2 aliphatic rings. The van der Waals surface area contributed by atoms with Gasteiger partial charge in [0.15, 0.2) is 0 Å². The van der Waals surface area contributed by atoms with E-state index in [1.807, 2.05) is 31.2 Å². The first-order valence-corrected chi connectivity index (χ1v) is 9.18. The van der Waals surface area contributed by atoms with E-state index in [0.29, 0.717) is 12.6 Å². The van der Waals surface area contributed by atoms with Crippen LogP contribution in [0, 0.1) is 5.92 Å². The van der Waals surface area contributed by atoms with E-state index in [1.165, 1.54) is 12.8 Å². The minimum absolute atomic E-state index is 0.232. The Morgan fingerprint density at radius 1 is 1.33 bits per heavy atom. The Morgan fingerprint density at radius 2 is 2.21 bits per heavy atom. The first-order valence-electron chi connectivity index (χ1n) is 9.18. The standard InChI is InChI=1S/C20H26N2O2/c1-3-18-13-8-10-22(18)19(11-13)20(23)15-7-9-21-17-6-5-14(24-4-2)12-16(15)17/h5-7,9,12-13,18-20,23H,3-4,8,10-11H2,1-2H3/t13-,18-,19+,20+/m0/s1. The summed E-state index contributed by atoms with van der Waals surface area (Å²) >= 11 is 0. The second-order valence-corrected chi connectivity index (χ2v) is 7.02. The summed E-state index contributed by atoms with van der Waals surface area (Å²) in [6, 6.07) is 8.79. The highest BCUT2D eigenvalue weighted by Crippen LogP contribution is 2.45. The first-order chi connectivity index (χ1) is 11.7. The number of aliphatic hydroxyl groups is 1. The molecule has 2 bridgehead atoms. The van der Waals surface area contributed by atoms with Gasteiger partial charge in [-0.15, -0.1) is 0 Å². The average Bonchev–Trinajstić information content (AvgIpc) is 3.18. The lowest BCUT2D eigenvalue weighted by Gasteiger charge is -2.31. The highest BCUT2D eigenvalue weighted by atomic mass is 16.5. The zero-order valence-electron chi connectivity index (χ0n) is 14.5. The van der Waals surface area contributed by atoms with Crippen molar-refractivity contribution in [1.82, 2.24) is 9.88 Å². The predicted molar refractivity (Wildman–Crippen MR) is 95.2 cm³/mol. The van der Waals surface area contributed by atoms with E-state index in [0.717, 1.165) is 41.1 Å². The van der Waals surface area contributed by atoms with Crippen molar-refractivity contribution in [2.45, 2.75) is 51.3 Å². The fourth-order valence-corrected chi connectivity index (χ4v) is 4.82. The van der Waals surface area contributed by atoms with E-state index >= 15 is 0 Å². The quantitative estimate of drug-likeness (QED) is 0.913.